The lowest BCUT2D eigenvalue weighted by Crippen LogP contribution is -2.26. The van der Waals surface area contributed by atoms with Gasteiger partial charge in [0.2, 0.25) is 11.5 Å². The summed E-state index contributed by atoms with van der Waals surface area (Å²) in [6.07, 6.45) is 0.463. The van der Waals surface area contributed by atoms with Crippen molar-refractivity contribution in [3.05, 3.63) is 31.4 Å². The number of ketones is 2. The lowest BCUT2D eigenvalue weighted by Gasteiger charge is -2.23. The molecule has 0 saturated carbocycles. The lowest BCUT2D eigenvalue weighted by atomic mass is 10.2. The molecule has 2 unspecified atom stereocenters. The van der Waals surface area contributed by atoms with Crippen LogP contribution in [0.25, 0.3) is 0 Å². The molecule has 0 radical (unpaired) electrons. The summed E-state index contributed by atoms with van der Waals surface area (Å²) in [5.41, 5.74) is 0. The number of hydrogen-bond acceptors (Lipinski definition) is 7. The first-order chi connectivity index (χ1) is 13.3. The van der Waals surface area contributed by atoms with Crippen LogP contribution in [-0.4, -0.2) is 37.0 Å². The monoisotopic (exact) mass is 408 g/mol. The maximum absolute atomic E-state index is 12.0. The van der Waals surface area contributed by atoms with Gasteiger partial charge in [0.15, 0.2) is 43.7 Å². The minimum Gasteiger partial charge on any atom is -0.490 e. The van der Waals surface area contributed by atoms with Crippen LogP contribution in [0.3, 0.4) is 0 Å². The second-order valence-electron chi connectivity index (χ2n) is 5.57. The quantitative estimate of drug-likeness (QED) is 0.365. The second-order valence-corrected chi connectivity index (χ2v) is 6.24. The molecule has 0 aromatic heterocycles. The molecular formula is C20H25O7P. The van der Waals surface area contributed by atoms with Gasteiger partial charge in [0, 0.05) is 6.07 Å². The van der Waals surface area contributed by atoms with Gasteiger partial charge in [-0.05, 0) is 39.8 Å². The Balaban J connectivity index is 3.67. The molecule has 152 valence electrons. The molecule has 0 aliphatic heterocycles. The van der Waals surface area contributed by atoms with Crippen molar-refractivity contribution in [1.29, 1.82) is 0 Å². The molecule has 0 aliphatic carbocycles. The maximum atomic E-state index is 12.0. The molecule has 0 bridgehead atoms. The van der Waals surface area contributed by atoms with Gasteiger partial charge in [0.05, 0.1) is 18.5 Å². The zero-order chi connectivity index (χ0) is 21.3. The molecule has 8 heteroatoms. The molecule has 2 atom stereocenters. The van der Waals surface area contributed by atoms with Crippen molar-refractivity contribution in [3.8, 4) is 23.0 Å². The number of carbonyl (C=O) groups excluding carboxylic acids is 2. The molecule has 0 amide bonds. The molecular weight excluding hydrogens is 383 g/mol. The van der Waals surface area contributed by atoms with Crippen LogP contribution in [0.5, 0.6) is 23.0 Å². The molecule has 0 aliphatic rings. The summed E-state index contributed by atoms with van der Waals surface area (Å²) >= 11 is 0. The fourth-order valence-electron chi connectivity index (χ4n) is 2.22. The van der Waals surface area contributed by atoms with Crippen LogP contribution in [-0.2, 0) is 14.2 Å². The molecule has 1 aromatic rings. The van der Waals surface area contributed by atoms with Crippen LogP contribution in [0, 0.1) is 0 Å². The van der Waals surface area contributed by atoms with E-state index in [0.29, 0.717) is 0 Å². The summed E-state index contributed by atoms with van der Waals surface area (Å²) in [6, 6.07) is 1.48. The van der Waals surface area contributed by atoms with E-state index in [4.69, 9.17) is 18.9 Å². The van der Waals surface area contributed by atoms with Crippen LogP contribution in [0.4, 0.5) is 0 Å². The first-order valence-corrected chi connectivity index (χ1v) is 9.61. The molecule has 1 rings (SSSR count). The van der Waals surface area contributed by atoms with Gasteiger partial charge in [-0.2, -0.15) is 0 Å². The number of benzene rings is 1. The van der Waals surface area contributed by atoms with Crippen molar-refractivity contribution in [3.63, 3.8) is 0 Å². The molecule has 7 nitrogen and oxygen atoms in total. The van der Waals surface area contributed by atoms with E-state index in [-0.39, 0.29) is 61.5 Å². The Hall–Kier alpha value is -2.66. The number of carbonyl (C=O) groups is 2. The van der Waals surface area contributed by atoms with Gasteiger partial charge in [-0.25, -0.2) is 0 Å². The van der Waals surface area contributed by atoms with Crippen LogP contribution >= 0.6 is 8.46 Å². The summed E-state index contributed by atoms with van der Waals surface area (Å²) in [6.45, 7) is 14.0. The average Bonchev–Trinajstić information content (AvgIpc) is 2.70. The lowest BCUT2D eigenvalue weighted by molar-refractivity contribution is -0.121. The first kappa shape index (κ1) is 23.4. The fraction of sp³-hybridized carbons (Fsp3) is 0.400. The second kappa shape index (κ2) is 11.2. The van der Waals surface area contributed by atoms with Crippen LogP contribution < -0.4 is 24.3 Å². The molecule has 1 aromatic carbocycles. The zero-order valence-electron chi connectivity index (χ0n) is 16.5. The van der Waals surface area contributed by atoms with Crippen molar-refractivity contribution < 1.29 is 33.1 Å². The number of ether oxygens (including phenoxy) is 4. The van der Waals surface area contributed by atoms with E-state index in [1.165, 1.54) is 13.0 Å². The van der Waals surface area contributed by atoms with Gasteiger partial charge < -0.3 is 18.9 Å². The van der Waals surface area contributed by atoms with E-state index >= 15 is 0 Å². The number of rotatable bonds is 13. The first-order valence-electron chi connectivity index (χ1n) is 8.80. The summed E-state index contributed by atoms with van der Waals surface area (Å²) < 4.78 is 34.5. The highest BCUT2D eigenvalue weighted by atomic mass is 31.1. The van der Waals surface area contributed by atoms with Crippen molar-refractivity contribution in [2.75, 3.05) is 13.2 Å². The summed E-state index contributed by atoms with van der Waals surface area (Å²) in [5.74, 6) is -0.276. The van der Waals surface area contributed by atoms with Gasteiger partial charge in [0.25, 0.3) is 0 Å². The van der Waals surface area contributed by atoms with Gasteiger partial charge in [-0.1, -0.05) is 13.2 Å². The third-order valence-corrected chi connectivity index (χ3v) is 4.15. The van der Waals surface area contributed by atoms with Gasteiger partial charge >= 0.3 is 0 Å². The highest BCUT2D eigenvalue weighted by molar-refractivity contribution is 7.34. The molecule has 0 heterocycles. The Labute approximate surface area is 166 Å². The third-order valence-electron chi connectivity index (χ3n) is 3.62. The summed E-state index contributed by atoms with van der Waals surface area (Å²) in [7, 11) is -0.337. The fourth-order valence-corrected chi connectivity index (χ4v) is 2.64. The Morgan fingerprint density at radius 3 is 1.89 bits per heavy atom. The molecule has 0 fully saturated rings. The van der Waals surface area contributed by atoms with Gasteiger partial charge in [0.1, 0.15) is 0 Å². The smallest absolute Gasteiger partial charge is 0.209 e. The van der Waals surface area contributed by atoms with Gasteiger partial charge in [-0.3, -0.25) is 14.2 Å². The van der Waals surface area contributed by atoms with E-state index in [2.05, 4.69) is 13.2 Å². The summed E-state index contributed by atoms with van der Waals surface area (Å²) in [4.78, 5) is 23.9. The Bertz CT molecular complexity index is 757. The van der Waals surface area contributed by atoms with E-state index in [9.17, 15) is 14.2 Å². The van der Waals surface area contributed by atoms with Crippen molar-refractivity contribution in [2.24, 2.45) is 0 Å². The van der Waals surface area contributed by atoms with E-state index < -0.39 is 12.2 Å². The SMILES string of the molecule is C=CC(=O)C(C)Oc1c(OCC)cc(P=O)c(OCC)c1OC(C)C(=O)C=C. The average molecular weight is 408 g/mol. The highest BCUT2D eigenvalue weighted by Crippen LogP contribution is 2.46. The van der Waals surface area contributed by atoms with Crippen LogP contribution in [0.2, 0.25) is 0 Å². The Kier molecular flexibility index (Phi) is 9.39. The summed E-state index contributed by atoms with van der Waals surface area (Å²) in [5, 5.41) is 0.258. The third kappa shape index (κ3) is 5.67. The molecule has 0 spiro atoms. The highest BCUT2D eigenvalue weighted by Gasteiger charge is 2.28. The minimum atomic E-state index is -0.919. The van der Waals surface area contributed by atoms with Crippen LogP contribution in [0.15, 0.2) is 31.4 Å². The molecule has 0 N–H and O–H groups in total. The predicted octanol–water partition coefficient (Wildman–Crippen LogP) is 3.45. The standard InChI is InChI=1S/C20H25O7P/c1-7-14(21)12(5)26-18-16(24-9-3)11-17(28-23)19(25-10-4)20(18)27-13(6)15(22)8-2/h7-8,11-13H,1-2,9-10H2,3-6H3. The molecule has 0 saturated heterocycles. The normalized spacial score (nSPS) is 12.6. The van der Waals surface area contributed by atoms with Crippen molar-refractivity contribution in [2.45, 2.75) is 39.9 Å². The van der Waals surface area contributed by atoms with Gasteiger partial charge in [-0.15, -0.1) is 0 Å². The van der Waals surface area contributed by atoms with E-state index in [0.717, 1.165) is 12.2 Å². The number of hydrogen-bond donors (Lipinski definition) is 0. The Morgan fingerprint density at radius 1 is 0.964 bits per heavy atom. The predicted molar refractivity (Wildman–Crippen MR) is 107 cm³/mol. The Morgan fingerprint density at radius 2 is 1.46 bits per heavy atom. The molecule has 28 heavy (non-hydrogen) atoms. The van der Waals surface area contributed by atoms with Crippen molar-refractivity contribution >= 4 is 25.3 Å². The van der Waals surface area contributed by atoms with Crippen LogP contribution in [0.1, 0.15) is 27.7 Å². The van der Waals surface area contributed by atoms with E-state index in [1.807, 2.05) is 0 Å². The maximum Gasteiger partial charge on any atom is 0.209 e. The zero-order valence-corrected chi connectivity index (χ0v) is 17.4. The van der Waals surface area contributed by atoms with Crippen molar-refractivity contribution in [1.82, 2.24) is 0 Å². The minimum absolute atomic E-state index is 0.0255. The van der Waals surface area contributed by atoms with E-state index in [1.54, 1.807) is 20.8 Å². The largest absolute Gasteiger partial charge is 0.490 e. The topological polar surface area (TPSA) is 88.1 Å².